The quantitative estimate of drug-likeness (QED) is 0.782. The molecule has 1 fully saturated rings. The van der Waals surface area contributed by atoms with Crippen molar-refractivity contribution in [2.24, 2.45) is 0 Å². The molecule has 2 nitrogen and oxygen atoms in total. The predicted molar refractivity (Wildman–Crippen MR) is 80.2 cm³/mol. The molecule has 0 N–H and O–H groups in total. The number of hydrogen-bond donors (Lipinski definition) is 0. The van der Waals surface area contributed by atoms with Crippen molar-refractivity contribution in [3.63, 3.8) is 0 Å². The summed E-state index contributed by atoms with van der Waals surface area (Å²) in [6.07, 6.45) is 2.39. The van der Waals surface area contributed by atoms with E-state index in [1.807, 2.05) is 18.2 Å². The van der Waals surface area contributed by atoms with E-state index in [1.165, 1.54) is 12.8 Å². The number of rotatable bonds is 3. The third-order valence-electron chi connectivity index (χ3n) is 3.70. The van der Waals surface area contributed by atoms with Gasteiger partial charge in [-0.05, 0) is 49.0 Å². The van der Waals surface area contributed by atoms with E-state index in [4.69, 9.17) is 11.6 Å². The number of nitrogens with zero attached hydrogens (tertiary/aromatic N) is 1. The summed E-state index contributed by atoms with van der Waals surface area (Å²) in [5.41, 5.74) is 1.86. The van der Waals surface area contributed by atoms with E-state index < -0.39 is 0 Å². The second-order valence-corrected chi connectivity index (χ2v) is 6.76. The molecule has 2 rings (SSSR count). The summed E-state index contributed by atoms with van der Waals surface area (Å²) < 4.78 is 0. The van der Waals surface area contributed by atoms with Crippen LogP contribution in [0.25, 0.3) is 0 Å². The highest BCUT2D eigenvalue weighted by atomic mass is 35.5. The molecular formula is C16H22ClNO. The number of carbonyl (C=O) groups excluding carboxylic acids is 1. The van der Waals surface area contributed by atoms with Crippen LogP contribution in [0.2, 0.25) is 5.02 Å². The van der Waals surface area contributed by atoms with Crippen LogP contribution in [0.15, 0.2) is 18.2 Å². The molecular weight excluding hydrogens is 258 g/mol. The van der Waals surface area contributed by atoms with Crippen LogP contribution >= 0.6 is 11.6 Å². The van der Waals surface area contributed by atoms with E-state index in [2.05, 4.69) is 25.7 Å². The number of halogens is 1. The van der Waals surface area contributed by atoms with Crippen LogP contribution in [0.5, 0.6) is 0 Å². The normalized spacial score (nSPS) is 16.8. The van der Waals surface area contributed by atoms with Crippen LogP contribution in [0.1, 0.15) is 49.5 Å². The second-order valence-electron chi connectivity index (χ2n) is 6.35. The van der Waals surface area contributed by atoms with Crippen molar-refractivity contribution in [3.05, 3.63) is 34.3 Å². The fourth-order valence-corrected chi connectivity index (χ4v) is 2.66. The SMILES string of the molecule is CC(C)(C)c1ccc(Cl)c(C(=O)CN2CCCC2)c1. The van der Waals surface area contributed by atoms with Gasteiger partial charge >= 0.3 is 0 Å². The highest BCUT2D eigenvalue weighted by molar-refractivity contribution is 6.34. The van der Waals surface area contributed by atoms with Gasteiger partial charge in [-0.25, -0.2) is 0 Å². The lowest BCUT2D eigenvalue weighted by atomic mass is 9.86. The maximum absolute atomic E-state index is 12.4. The van der Waals surface area contributed by atoms with Crippen LogP contribution in [0.4, 0.5) is 0 Å². The molecule has 1 aliphatic rings. The van der Waals surface area contributed by atoms with E-state index in [0.717, 1.165) is 18.7 Å². The zero-order chi connectivity index (χ0) is 14.0. The molecule has 0 spiro atoms. The van der Waals surface area contributed by atoms with E-state index in [1.54, 1.807) is 0 Å². The zero-order valence-electron chi connectivity index (χ0n) is 12.0. The summed E-state index contributed by atoms with van der Waals surface area (Å²) in [6.45, 7) is 8.98. The Morgan fingerprint density at radius 3 is 2.47 bits per heavy atom. The van der Waals surface area contributed by atoms with Gasteiger partial charge in [0.1, 0.15) is 0 Å². The zero-order valence-corrected chi connectivity index (χ0v) is 12.8. The average Bonchev–Trinajstić information content (AvgIpc) is 2.80. The van der Waals surface area contributed by atoms with Crippen molar-refractivity contribution in [3.8, 4) is 0 Å². The molecule has 0 aliphatic carbocycles. The van der Waals surface area contributed by atoms with Crippen LogP contribution < -0.4 is 0 Å². The maximum Gasteiger partial charge on any atom is 0.178 e. The average molecular weight is 280 g/mol. The molecule has 0 atom stereocenters. The minimum absolute atomic E-state index is 0.0350. The first kappa shape index (κ1) is 14.5. The molecule has 3 heteroatoms. The molecule has 1 aliphatic heterocycles. The Labute approximate surface area is 120 Å². The largest absolute Gasteiger partial charge is 0.296 e. The minimum atomic E-state index is 0.0350. The number of hydrogen-bond acceptors (Lipinski definition) is 2. The topological polar surface area (TPSA) is 20.3 Å². The van der Waals surface area contributed by atoms with Gasteiger partial charge in [0.25, 0.3) is 0 Å². The summed E-state index contributed by atoms with van der Waals surface area (Å²) in [5, 5.41) is 0.567. The maximum atomic E-state index is 12.4. The lowest BCUT2D eigenvalue weighted by Crippen LogP contribution is -2.27. The molecule has 0 radical (unpaired) electrons. The van der Waals surface area contributed by atoms with Crippen molar-refractivity contribution >= 4 is 17.4 Å². The van der Waals surface area contributed by atoms with Gasteiger partial charge in [-0.2, -0.15) is 0 Å². The molecule has 19 heavy (non-hydrogen) atoms. The highest BCUT2D eigenvalue weighted by Crippen LogP contribution is 2.27. The Kier molecular flexibility index (Phi) is 4.32. The fourth-order valence-electron chi connectivity index (χ4n) is 2.43. The minimum Gasteiger partial charge on any atom is -0.296 e. The Morgan fingerprint density at radius 2 is 1.89 bits per heavy atom. The van der Waals surface area contributed by atoms with Crippen LogP contribution in [-0.2, 0) is 5.41 Å². The lowest BCUT2D eigenvalue weighted by Gasteiger charge is -2.21. The summed E-state index contributed by atoms with van der Waals surface area (Å²) in [5.74, 6) is 0.137. The summed E-state index contributed by atoms with van der Waals surface area (Å²) in [4.78, 5) is 14.6. The van der Waals surface area contributed by atoms with Crippen LogP contribution in [0.3, 0.4) is 0 Å². The molecule has 0 aromatic heterocycles. The Morgan fingerprint density at radius 1 is 1.26 bits per heavy atom. The van der Waals surface area contributed by atoms with Crippen molar-refractivity contribution in [1.29, 1.82) is 0 Å². The standard InChI is InChI=1S/C16H22ClNO/c1-16(2,3)12-6-7-14(17)13(10-12)15(19)11-18-8-4-5-9-18/h6-7,10H,4-5,8-9,11H2,1-3H3. The van der Waals surface area contributed by atoms with Crippen LogP contribution in [0, 0.1) is 0 Å². The van der Waals surface area contributed by atoms with E-state index in [9.17, 15) is 4.79 Å². The smallest absolute Gasteiger partial charge is 0.178 e. The molecule has 1 aromatic rings. The Bertz CT molecular complexity index is 470. The first-order chi connectivity index (χ1) is 8.88. The molecule has 1 heterocycles. The molecule has 0 bridgehead atoms. The summed E-state index contributed by atoms with van der Waals surface area (Å²) in [7, 11) is 0. The van der Waals surface area contributed by atoms with Gasteiger partial charge in [-0.15, -0.1) is 0 Å². The molecule has 1 aromatic carbocycles. The Balaban J connectivity index is 2.20. The van der Waals surface area contributed by atoms with Gasteiger partial charge in [-0.3, -0.25) is 9.69 Å². The Hall–Kier alpha value is -0.860. The molecule has 104 valence electrons. The first-order valence-electron chi connectivity index (χ1n) is 6.93. The van der Waals surface area contributed by atoms with Gasteiger partial charge < -0.3 is 0 Å². The van der Waals surface area contributed by atoms with Crippen LogP contribution in [-0.4, -0.2) is 30.3 Å². The van der Waals surface area contributed by atoms with Gasteiger partial charge in [-0.1, -0.05) is 38.4 Å². The number of ketones is 1. The molecule has 1 saturated heterocycles. The van der Waals surface area contributed by atoms with Crippen molar-refractivity contribution < 1.29 is 4.79 Å². The van der Waals surface area contributed by atoms with E-state index in [0.29, 0.717) is 17.1 Å². The monoisotopic (exact) mass is 279 g/mol. The number of benzene rings is 1. The lowest BCUT2D eigenvalue weighted by molar-refractivity contribution is 0.0945. The van der Waals surface area contributed by atoms with Gasteiger partial charge in [0.2, 0.25) is 0 Å². The molecule has 0 unspecified atom stereocenters. The number of carbonyl (C=O) groups is 1. The molecule has 0 amide bonds. The molecule has 0 saturated carbocycles. The van der Waals surface area contributed by atoms with Crippen molar-refractivity contribution in [2.75, 3.05) is 19.6 Å². The predicted octanol–water partition coefficient (Wildman–Crippen LogP) is 3.92. The first-order valence-corrected chi connectivity index (χ1v) is 7.31. The number of likely N-dealkylation sites (tertiary alicyclic amines) is 1. The van der Waals surface area contributed by atoms with Crippen molar-refractivity contribution in [1.82, 2.24) is 4.90 Å². The van der Waals surface area contributed by atoms with E-state index >= 15 is 0 Å². The summed E-state index contributed by atoms with van der Waals surface area (Å²) >= 11 is 6.19. The third kappa shape index (κ3) is 3.58. The van der Waals surface area contributed by atoms with Gasteiger partial charge in [0, 0.05) is 5.56 Å². The van der Waals surface area contributed by atoms with Gasteiger partial charge in [0.05, 0.1) is 11.6 Å². The second kappa shape index (κ2) is 5.64. The summed E-state index contributed by atoms with van der Waals surface area (Å²) in [6, 6.07) is 5.81. The number of Topliss-reactive ketones (excluding diaryl/α,β-unsaturated/α-hetero) is 1. The van der Waals surface area contributed by atoms with E-state index in [-0.39, 0.29) is 11.2 Å². The van der Waals surface area contributed by atoms with Crippen molar-refractivity contribution in [2.45, 2.75) is 39.0 Å². The fraction of sp³-hybridized carbons (Fsp3) is 0.562. The highest BCUT2D eigenvalue weighted by Gasteiger charge is 2.21. The van der Waals surface area contributed by atoms with Gasteiger partial charge in [0.15, 0.2) is 5.78 Å². The third-order valence-corrected chi connectivity index (χ3v) is 4.03.